The number of hydrogen-bond acceptors (Lipinski definition) is 3. The van der Waals surface area contributed by atoms with Crippen LogP contribution >= 0.6 is 35.7 Å². The molecule has 140 valence electrons. The predicted molar refractivity (Wildman–Crippen MR) is 122 cm³/mol. The minimum atomic E-state index is 0.802. The summed E-state index contributed by atoms with van der Waals surface area (Å²) in [6, 6.07) is 0. The van der Waals surface area contributed by atoms with E-state index in [4.69, 9.17) is 12.2 Å². The summed E-state index contributed by atoms with van der Waals surface area (Å²) in [5, 5.41) is 0. The van der Waals surface area contributed by atoms with Crippen LogP contribution in [0.2, 0.25) is 0 Å². The third-order valence-electron chi connectivity index (χ3n) is 4.09. The van der Waals surface area contributed by atoms with Crippen LogP contribution in [0, 0.1) is 11.8 Å². The van der Waals surface area contributed by atoms with Crippen LogP contribution in [0.5, 0.6) is 0 Å². The van der Waals surface area contributed by atoms with Gasteiger partial charge in [-0.1, -0.05) is 49.4 Å². The van der Waals surface area contributed by atoms with Crippen molar-refractivity contribution >= 4 is 39.3 Å². The van der Waals surface area contributed by atoms with Gasteiger partial charge in [0, 0.05) is 0 Å². The molecule has 0 aromatic heterocycles. The van der Waals surface area contributed by atoms with Gasteiger partial charge in [0.05, 0.1) is 0 Å². The van der Waals surface area contributed by atoms with Crippen LogP contribution in [-0.4, -0.2) is 15.0 Å². The van der Waals surface area contributed by atoms with Crippen molar-refractivity contribution in [3.05, 3.63) is 23.3 Å². The Kier molecular flexibility index (Phi) is 15.7. The van der Waals surface area contributed by atoms with E-state index in [0.717, 1.165) is 15.4 Å². The van der Waals surface area contributed by atoms with E-state index in [-0.39, 0.29) is 0 Å². The molecule has 0 aliphatic rings. The SMILES string of the molecule is CC(C)=CCCC(C)CCSC(=S)SCCC(C)CCC=C(C)C. The standard InChI is InChI=1S/C21H38S3/c1-17(2)9-7-11-19(5)13-15-23-21(22)24-16-14-20(6)12-8-10-18(3)4/h9-10,19-20H,7-8,11-16H2,1-6H3. The van der Waals surface area contributed by atoms with Crippen LogP contribution in [0.4, 0.5) is 0 Å². The molecule has 0 aliphatic carbocycles. The van der Waals surface area contributed by atoms with Crippen LogP contribution in [0.3, 0.4) is 0 Å². The van der Waals surface area contributed by atoms with Gasteiger partial charge in [-0.05, 0) is 89.6 Å². The van der Waals surface area contributed by atoms with Crippen LogP contribution in [-0.2, 0) is 0 Å². The van der Waals surface area contributed by atoms with Crippen LogP contribution in [0.25, 0.3) is 0 Å². The predicted octanol–water partition coefficient (Wildman–Crippen LogP) is 8.28. The van der Waals surface area contributed by atoms with Crippen molar-refractivity contribution in [2.24, 2.45) is 11.8 Å². The molecule has 3 heteroatoms. The first kappa shape index (κ1) is 24.3. The summed E-state index contributed by atoms with van der Waals surface area (Å²) in [7, 11) is 0. The fraction of sp³-hybridized carbons (Fsp3) is 0.762. The maximum Gasteiger partial charge on any atom is 0.104 e. The van der Waals surface area contributed by atoms with E-state index >= 15 is 0 Å². The molecule has 0 rings (SSSR count). The summed E-state index contributed by atoms with van der Waals surface area (Å²) in [6.07, 6.45) is 12.3. The van der Waals surface area contributed by atoms with Crippen molar-refractivity contribution in [3.63, 3.8) is 0 Å². The maximum absolute atomic E-state index is 5.51. The van der Waals surface area contributed by atoms with E-state index in [0.29, 0.717) is 0 Å². The van der Waals surface area contributed by atoms with E-state index in [1.54, 1.807) is 0 Å². The first-order valence-electron chi connectivity index (χ1n) is 9.37. The van der Waals surface area contributed by atoms with E-state index in [1.807, 2.05) is 23.5 Å². The molecular weight excluding hydrogens is 348 g/mol. The monoisotopic (exact) mass is 386 g/mol. The lowest BCUT2D eigenvalue weighted by atomic mass is 10.0. The Hall–Kier alpha value is 0.270. The smallest absolute Gasteiger partial charge is 0.104 e. The van der Waals surface area contributed by atoms with Gasteiger partial charge in [-0.15, -0.1) is 23.5 Å². The minimum absolute atomic E-state index is 0.802. The summed E-state index contributed by atoms with van der Waals surface area (Å²) in [4.78, 5) is 0. The quantitative estimate of drug-likeness (QED) is 0.244. The molecule has 2 unspecified atom stereocenters. The van der Waals surface area contributed by atoms with Gasteiger partial charge >= 0.3 is 0 Å². The fourth-order valence-corrected chi connectivity index (χ4v) is 5.04. The van der Waals surface area contributed by atoms with Gasteiger partial charge in [-0.25, -0.2) is 0 Å². The maximum atomic E-state index is 5.51. The highest BCUT2D eigenvalue weighted by molar-refractivity contribution is 8.47. The number of thioether (sulfide) groups is 2. The molecule has 0 saturated heterocycles. The molecule has 0 fully saturated rings. The van der Waals surface area contributed by atoms with Crippen LogP contribution < -0.4 is 0 Å². The molecule has 0 radical (unpaired) electrons. The Labute approximate surface area is 165 Å². The molecule has 0 spiro atoms. The third kappa shape index (κ3) is 17.1. The average Bonchev–Trinajstić information content (AvgIpc) is 2.46. The zero-order valence-electron chi connectivity index (χ0n) is 16.7. The highest BCUT2D eigenvalue weighted by Crippen LogP contribution is 2.24. The van der Waals surface area contributed by atoms with Gasteiger partial charge < -0.3 is 0 Å². The molecule has 0 aromatic rings. The van der Waals surface area contributed by atoms with Crippen molar-refractivity contribution in [3.8, 4) is 0 Å². The van der Waals surface area contributed by atoms with E-state index < -0.39 is 0 Å². The Morgan fingerprint density at radius 1 is 0.750 bits per heavy atom. The Balaban J connectivity index is 3.62. The molecule has 0 bridgehead atoms. The lowest BCUT2D eigenvalue weighted by Crippen LogP contribution is -1.99. The second-order valence-electron chi connectivity index (χ2n) is 7.45. The van der Waals surface area contributed by atoms with E-state index in [1.165, 1.54) is 61.2 Å². The molecule has 0 saturated carbocycles. The molecule has 2 atom stereocenters. The number of thiocarbonyl (C=S) groups is 1. The molecule has 24 heavy (non-hydrogen) atoms. The Morgan fingerprint density at radius 2 is 1.12 bits per heavy atom. The van der Waals surface area contributed by atoms with Gasteiger partial charge in [-0.2, -0.15) is 0 Å². The fourth-order valence-electron chi connectivity index (χ4n) is 2.33. The van der Waals surface area contributed by atoms with Crippen molar-refractivity contribution < 1.29 is 0 Å². The highest BCUT2D eigenvalue weighted by atomic mass is 32.2. The number of allylic oxidation sites excluding steroid dienone is 4. The summed E-state index contributed by atoms with van der Waals surface area (Å²) >= 11 is 9.28. The zero-order chi connectivity index (χ0) is 18.4. The topological polar surface area (TPSA) is 0 Å². The van der Waals surface area contributed by atoms with Gasteiger partial charge in [0.25, 0.3) is 0 Å². The molecule has 0 aliphatic heterocycles. The lowest BCUT2D eigenvalue weighted by molar-refractivity contribution is 0.525. The first-order valence-corrected chi connectivity index (χ1v) is 11.8. The van der Waals surface area contributed by atoms with Gasteiger partial charge in [0.1, 0.15) is 3.53 Å². The molecule has 0 amide bonds. The Bertz CT molecular complexity index is 352. The first-order chi connectivity index (χ1) is 11.3. The summed E-state index contributed by atoms with van der Waals surface area (Å²) in [5.74, 6) is 3.96. The molecule has 0 N–H and O–H groups in total. The number of hydrogen-bond donors (Lipinski definition) is 0. The Morgan fingerprint density at radius 3 is 1.46 bits per heavy atom. The van der Waals surface area contributed by atoms with Crippen LogP contribution in [0.1, 0.15) is 80.1 Å². The zero-order valence-corrected chi connectivity index (χ0v) is 19.1. The molecule has 0 heterocycles. The third-order valence-corrected chi connectivity index (χ3v) is 6.85. The van der Waals surface area contributed by atoms with Gasteiger partial charge in [0.15, 0.2) is 0 Å². The van der Waals surface area contributed by atoms with Gasteiger partial charge in [0.2, 0.25) is 0 Å². The van der Waals surface area contributed by atoms with E-state index in [9.17, 15) is 0 Å². The highest BCUT2D eigenvalue weighted by Gasteiger charge is 2.06. The van der Waals surface area contributed by atoms with Crippen molar-refractivity contribution in [2.75, 3.05) is 11.5 Å². The summed E-state index contributed by atoms with van der Waals surface area (Å²) < 4.78 is 1.14. The summed E-state index contributed by atoms with van der Waals surface area (Å²) in [6.45, 7) is 13.4. The largest absolute Gasteiger partial charge is 0.108 e. The molecular formula is C21H38S3. The van der Waals surface area contributed by atoms with Gasteiger partial charge in [-0.3, -0.25) is 0 Å². The van der Waals surface area contributed by atoms with Crippen molar-refractivity contribution in [2.45, 2.75) is 80.1 Å². The molecule has 0 nitrogen and oxygen atoms in total. The summed E-state index contributed by atoms with van der Waals surface area (Å²) in [5.41, 5.74) is 2.87. The van der Waals surface area contributed by atoms with Crippen LogP contribution in [0.15, 0.2) is 23.3 Å². The van der Waals surface area contributed by atoms with Crippen molar-refractivity contribution in [1.82, 2.24) is 0 Å². The van der Waals surface area contributed by atoms with Crippen molar-refractivity contribution in [1.29, 1.82) is 0 Å². The number of rotatable bonds is 12. The van der Waals surface area contributed by atoms with E-state index in [2.05, 4.69) is 53.7 Å². The normalized spacial score (nSPS) is 13.2. The minimum Gasteiger partial charge on any atom is -0.108 e. The molecule has 0 aromatic carbocycles. The second kappa shape index (κ2) is 15.5. The average molecular weight is 387 g/mol. The lowest BCUT2D eigenvalue weighted by Gasteiger charge is -2.11. The second-order valence-corrected chi connectivity index (χ2v) is 10.8.